The summed E-state index contributed by atoms with van der Waals surface area (Å²) in [6.07, 6.45) is 64.5. The largest absolute Gasteiger partial charge is 4.00 e. The van der Waals surface area contributed by atoms with Gasteiger partial charge in [-0.3, -0.25) is 0 Å². The molecule has 8 aliphatic rings. The summed E-state index contributed by atoms with van der Waals surface area (Å²) < 4.78 is 0. The summed E-state index contributed by atoms with van der Waals surface area (Å²) in [4.78, 5) is 0. The van der Waals surface area contributed by atoms with Crippen molar-refractivity contribution in [3.63, 3.8) is 0 Å². The maximum absolute atomic E-state index is 5.89. The summed E-state index contributed by atoms with van der Waals surface area (Å²) in [5.74, 6) is 0. The molecular formula is C108H168N4Si4Ti. The third-order valence-corrected chi connectivity index (χ3v) is 46.6. The van der Waals surface area contributed by atoms with Crippen molar-refractivity contribution in [3.8, 4) is 0 Å². The van der Waals surface area contributed by atoms with Crippen molar-refractivity contribution in [3.05, 3.63) is 234 Å². The Morgan fingerprint density at radius 3 is 0.453 bits per heavy atom. The normalized spacial score (nSPS) is 27.0. The zero-order valence-corrected chi connectivity index (χ0v) is 84.9. The molecule has 9 heteroatoms. The van der Waals surface area contributed by atoms with E-state index in [0.717, 1.165) is 0 Å². The van der Waals surface area contributed by atoms with Crippen LogP contribution in [-0.4, -0.2) is 78.0 Å². The molecule has 8 atom stereocenters. The van der Waals surface area contributed by atoms with E-state index < -0.39 is 35.2 Å². The average Bonchev–Trinajstić information content (AvgIpc) is 1.67. The molecule has 4 fully saturated rings. The van der Waals surface area contributed by atoms with Gasteiger partial charge in [-0.1, -0.05) is 566 Å². The van der Waals surface area contributed by atoms with Crippen LogP contribution in [0.5, 0.6) is 0 Å². The van der Waals surface area contributed by atoms with Gasteiger partial charge < -0.3 is 21.3 Å². The molecule has 0 saturated heterocycles. The number of nitrogens with zero attached hydrogens (tertiary/aromatic N) is 4. The van der Waals surface area contributed by atoms with Crippen LogP contribution in [0, 0.1) is 0 Å². The minimum absolute atomic E-state index is 0. The fourth-order valence-corrected chi connectivity index (χ4v) is 35.2. The Balaban J connectivity index is 0.000000194. The molecule has 0 amide bonds. The second kappa shape index (κ2) is 46.8. The van der Waals surface area contributed by atoms with E-state index in [1.807, 2.05) is 0 Å². The van der Waals surface area contributed by atoms with Crippen molar-refractivity contribution in [2.45, 2.75) is 437 Å². The summed E-state index contributed by atoms with van der Waals surface area (Å²) >= 11 is 0. The predicted molar refractivity (Wildman–Crippen MR) is 528 cm³/mol. The summed E-state index contributed by atoms with van der Waals surface area (Å²) in [6, 6.07) is 45.5. The van der Waals surface area contributed by atoms with Gasteiger partial charge >= 0.3 is 21.7 Å². The average molecular weight is 1680 g/mol. The summed E-state index contributed by atoms with van der Waals surface area (Å²) in [5.41, 5.74) is 16.9. The Morgan fingerprint density at radius 2 is 0.333 bits per heavy atom. The number of hydrogen-bond acceptors (Lipinski definition) is 0. The van der Waals surface area contributed by atoms with Gasteiger partial charge in [-0.05, 0) is 83.1 Å². The molecule has 117 heavy (non-hydrogen) atoms. The van der Waals surface area contributed by atoms with Crippen LogP contribution in [0.3, 0.4) is 0 Å². The van der Waals surface area contributed by atoms with Gasteiger partial charge in [0.05, 0.1) is 35.2 Å². The monoisotopic (exact) mass is 1680 g/mol. The first-order valence-electron chi connectivity index (χ1n) is 48.2. The van der Waals surface area contributed by atoms with Crippen LogP contribution in [0.4, 0.5) is 0 Å². The number of benzene rings is 4. The minimum Gasteiger partial charge on any atom is -0.647 e. The van der Waals surface area contributed by atoms with Crippen molar-refractivity contribution >= 4 is 55.9 Å². The Bertz CT molecular complexity index is 3400. The molecule has 0 radical (unpaired) electrons. The smallest absolute Gasteiger partial charge is 0.647 e. The molecule has 4 aromatic carbocycles. The fourth-order valence-electron chi connectivity index (χ4n) is 22.5. The molecule has 4 saturated carbocycles. The molecule has 0 spiro atoms. The molecular weight excluding hydrogens is 1510 g/mol. The molecule has 0 N–H and O–H groups in total. The Hall–Kier alpha value is -3.78. The van der Waals surface area contributed by atoms with E-state index in [2.05, 4.69) is 283 Å². The Morgan fingerprint density at radius 1 is 0.205 bits per heavy atom. The molecule has 640 valence electrons. The second-order valence-corrected chi connectivity index (χ2v) is 52.3. The molecule has 12 rings (SSSR count). The third-order valence-electron chi connectivity index (χ3n) is 31.8. The van der Waals surface area contributed by atoms with Gasteiger partial charge in [0.2, 0.25) is 0 Å². The number of allylic oxidation sites excluding steroid dienone is 8. The van der Waals surface area contributed by atoms with E-state index >= 15 is 0 Å². The molecule has 0 heterocycles. The quantitative estimate of drug-likeness (QED) is 0.100. The Labute approximate surface area is 742 Å². The standard InChI is InChI=1S/4C27H42NSi.Ti/c4*1-22-21-26(4,24(3)23(22)2)28-27(29(5)25-17-13-12-14-18-25)19-15-10-8-6-7-9-11-16-20-27;/h4*12-14,17-18,21,29H,6-11,15-16,19-20H2,1-5H3;/q4*-1;+4. The number of hydrogen-bond donors (Lipinski definition) is 0. The maximum atomic E-state index is 5.89. The summed E-state index contributed by atoms with van der Waals surface area (Å²) in [5, 5.41) is 30.5. The van der Waals surface area contributed by atoms with Crippen LogP contribution >= 0.6 is 0 Å². The van der Waals surface area contributed by atoms with Crippen LogP contribution < -0.4 is 20.7 Å². The van der Waals surface area contributed by atoms with Crippen molar-refractivity contribution in [2.24, 2.45) is 0 Å². The molecule has 0 aliphatic heterocycles. The zero-order valence-electron chi connectivity index (χ0n) is 78.7. The molecule has 0 bridgehead atoms. The zero-order chi connectivity index (χ0) is 83.6. The van der Waals surface area contributed by atoms with Gasteiger partial charge in [0.25, 0.3) is 0 Å². The van der Waals surface area contributed by atoms with Crippen LogP contribution in [0.1, 0.15) is 368 Å². The van der Waals surface area contributed by atoms with Gasteiger partial charge in [-0.15, -0.1) is 20.6 Å². The maximum Gasteiger partial charge on any atom is 4.00 e. The molecule has 4 nitrogen and oxygen atoms in total. The van der Waals surface area contributed by atoms with Gasteiger partial charge in [-0.25, -0.2) is 0 Å². The van der Waals surface area contributed by atoms with E-state index in [1.165, 1.54) is 324 Å². The van der Waals surface area contributed by atoms with E-state index in [1.54, 1.807) is 20.7 Å². The first-order chi connectivity index (χ1) is 55.5. The van der Waals surface area contributed by atoms with E-state index in [9.17, 15) is 0 Å². The SMILES string of the molecule is CC1=CC(C)([N-]C2([SiH](C)c3ccccc3)CCCCCCCCCC2)C(C)=C1C.CC1=CC(C)([N-]C2([SiH](C)c3ccccc3)CCCCCCCCCC2)C(C)=C1C.CC1=CC(C)([N-]C2([SiH](C)c3ccccc3)CCCCCCCCCC2)C(C)=C1C.CC1=CC(C)([N-]C2([SiH](C)c3ccccc3)CCCCCCCCCC2)C(C)=C1C.[Ti+4]. The van der Waals surface area contributed by atoms with Crippen molar-refractivity contribution < 1.29 is 21.7 Å². The molecule has 0 aromatic heterocycles. The van der Waals surface area contributed by atoms with E-state index in [4.69, 9.17) is 21.3 Å². The first kappa shape index (κ1) is 98.7. The fraction of sp³-hybridized carbons (Fsp3) is 0.630. The van der Waals surface area contributed by atoms with Crippen LogP contribution in [0.2, 0.25) is 26.2 Å². The topological polar surface area (TPSA) is 56.4 Å². The number of rotatable bonds is 16. The first-order valence-corrected chi connectivity index (χ1v) is 57.4. The molecule has 8 aliphatic carbocycles. The van der Waals surface area contributed by atoms with Crippen LogP contribution in [-0.2, 0) is 21.7 Å². The summed E-state index contributed by atoms with van der Waals surface area (Å²) in [6.45, 7) is 47.3. The Kier molecular flexibility index (Phi) is 39.5. The molecule has 4 aromatic rings. The van der Waals surface area contributed by atoms with Crippen molar-refractivity contribution in [1.82, 2.24) is 0 Å². The predicted octanol–water partition coefficient (Wildman–Crippen LogP) is 29.5. The van der Waals surface area contributed by atoms with E-state index in [0.29, 0.717) is 0 Å². The van der Waals surface area contributed by atoms with Gasteiger partial charge in [-0.2, -0.15) is 0 Å². The van der Waals surface area contributed by atoms with Crippen LogP contribution in [0.25, 0.3) is 21.3 Å². The van der Waals surface area contributed by atoms with E-state index in [-0.39, 0.29) is 64.5 Å². The second-order valence-electron chi connectivity index (χ2n) is 39.6. The van der Waals surface area contributed by atoms with Crippen molar-refractivity contribution in [1.29, 1.82) is 0 Å². The van der Waals surface area contributed by atoms with Gasteiger partial charge in [0.1, 0.15) is 0 Å². The van der Waals surface area contributed by atoms with Crippen molar-refractivity contribution in [2.75, 3.05) is 0 Å². The van der Waals surface area contributed by atoms with Gasteiger partial charge in [0, 0.05) is 0 Å². The summed E-state index contributed by atoms with van der Waals surface area (Å²) in [7, 11) is -5.05. The molecule has 8 unspecified atom stereocenters. The van der Waals surface area contributed by atoms with Gasteiger partial charge in [0.15, 0.2) is 0 Å². The minimum atomic E-state index is -1.26. The van der Waals surface area contributed by atoms with Crippen LogP contribution in [0.15, 0.2) is 213 Å². The third kappa shape index (κ3) is 26.2.